The summed E-state index contributed by atoms with van der Waals surface area (Å²) in [6.07, 6.45) is 3.43. The van der Waals surface area contributed by atoms with Crippen LogP contribution in [0.4, 0.5) is 0 Å². The summed E-state index contributed by atoms with van der Waals surface area (Å²) in [6, 6.07) is 14.7. The fourth-order valence-electron chi connectivity index (χ4n) is 4.34. The Labute approximate surface area is 163 Å². The molecule has 3 nitrogen and oxygen atoms in total. The number of thiazole rings is 1. The summed E-state index contributed by atoms with van der Waals surface area (Å²) in [6.45, 7) is 0. The van der Waals surface area contributed by atoms with Crippen molar-refractivity contribution in [3.8, 4) is 0 Å². The van der Waals surface area contributed by atoms with Crippen LogP contribution in [0.3, 0.4) is 0 Å². The van der Waals surface area contributed by atoms with Gasteiger partial charge in [0.15, 0.2) is 0 Å². The van der Waals surface area contributed by atoms with Crippen LogP contribution >= 0.6 is 11.3 Å². The zero-order valence-corrected chi connectivity index (χ0v) is 18.4. The van der Waals surface area contributed by atoms with Crippen molar-refractivity contribution in [1.82, 2.24) is 4.98 Å². The maximum atomic E-state index is 11.6. The van der Waals surface area contributed by atoms with Crippen LogP contribution in [0.5, 0.6) is 0 Å². The SMILES string of the molecule is COC(=O)c1ccc(C[C]2=Cc3c4ccc[c]3[In]2[CH]4c2cscn2)cc1. The normalized spacial score (nSPS) is 16.7. The van der Waals surface area contributed by atoms with Crippen LogP contribution in [0, 0.1) is 0 Å². The van der Waals surface area contributed by atoms with E-state index in [2.05, 4.69) is 46.8 Å². The van der Waals surface area contributed by atoms with Crippen molar-refractivity contribution in [3.63, 3.8) is 0 Å². The molecule has 5 heteroatoms. The number of ether oxygens (including phenoxy) is 1. The number of carbonyl (C=O) groups is 1. The van der Waals surface area contributed by atoms with Crippen molar-refractivity contribution < 1.29 is 9.53 Å². The maximum absolute atomic E-state index is 11.6. The zero-order valence-electron chi connectivity index (χ0n) is 14.3. The number of allylic oxidation sites excluding steroid dienone is 1. The molecule has 0 saturated heterocycles. The predicted octanol–water partition coefficient (Wildman–Crippen LogP) is 3.50. The van der Waals surface area contributed by atoms with Crippen LogP contribution in [0.1, 0.15) is 36.4 Å². The standard InChI is InChI=1S/C21H16NO2S.In/c1-24-21(23)18-11-9-16(10-12-18)5-4-8-17-6-2-3-7-19(17)13-20-14-25-15-22-20;/h2-3,7-15H,5H2,1H3;. The molecule has 3 heterocycles. The molecule has 1 atom stereocenters. The Bertz CT molecular complexity index is 1020. The molecule has 2 aromatic carbocycles. The first-order valence-corrected chi connectivity index (χ1v) is 14.8. The van der Waals surface area contributed by atoms with E-state index in [0.717, 1.165) is 6.42 Å². The van der Waals surface area contributed by atoms with Crippen LogP contribution < -0.4 is 3.32 Å². The van der Waals surface area contributed by atoms with Crippen molar-refractivity contribution in [1.29, 1.82) is 0 Å². The van der Waals surface area contributed by atoms with Gasteiger partial charge < -0.3 is 0 Å². The van der Waals surface area contributed by atoms with E-state index in [1.54, 1.807) is 18.0 Å². The van der Waals surface area contributed by atoms with Crippen LogP contribution in [0.15, 0.2) is 56.7 Å². The number of nitrogens with zero attached hydrogens (tertiary/aromatic N) is 1. The van der Waals surface area contributed by atoms with Gasteiger partial charge in [0, 0.05) is 0 Å². The van der Waals surface area contributed by atoms with Gasteiger partial charge in [0.25, 0.3) is 0 Å². The second-order valence-electron chi connectivity index (χ2n) is 6.80. The molecule has 3 aromatic rings. The van der Waals surface area contributed by atoms with Crippen molar-refractivity contribution in [3.05, 3.63) is 84.6 Å². The van der Waals surface area contributed by atoms with Gasteiger partial charge in [-0.3, -0.25) is 0 Å². The van der Waals surface area contributed by atoms with Crippen molar-refractivity contribution >= 4 is 48.1 Å². The molecule has 0 aliphatic carbocycles. The first-order valence-electron chi connectivity index (χ1n) is 8.65. The van der Waals surface area contributed by atoms with Crippen LogP contribution in [-0.4, -0.2) is 39.5 Å². The van der Waals surface area contributed by atoms with E-state index in [4.69, 9.17) is 4.74 Å². The van der Waals surface area contributed by atoms with Crippen LogP contribution in [-0.2, 0) is 11.2 Å². The van der Waals surface area contributed by atoms with Gasteiger partial charge in [-0.2, -0.15) is 0 Å². The van der Waals surface area contributed by atoms with Gasteiger partial charge in [-0.15, -0.1) is 0 Å². The first-order chi connectivity index (χ1) is 12.8. The third kappa shape index (κ3) is 2.48. The zero-order chi connectivity index (χ0) is 17.7. The molecular weight excluding hydrogens is 445 g/mol. The quantitative estimate of drug-likeness (QED) is 0.559. The average Bonchev–Trinajstić information content (AvgIpc) is 3.35. The molecule has 1 unspecified atom stereocenters. The van der Waals surface area contributed by atoms with E-state index in [1.807, 2.05) is 17.6 Å². The van der Waals surface area contributed by atoms with Gasteiger partial charge in [-0.05, 0) is 0 Å². The van der Waals surface area contributed by atoms with Gasteiger partial charge in [0.05, 0.1) is 0 Å². The molecule has 1 aromatic heterocycles. The van der Waals surface area contributed by atoms with Crippen molar-refractivity contribution in [2.75, 3.05) is 7.11 Å². The molecule has 0 N–H and O–H groups in total. The van der Waals surface area contributed by atoms with Gasteiger partial charge in [0.1, 0.15) is 0 Å². The number of benzene rings is 2. The third-order valence-electron chi connectivity index (χ3n) is 5.46. The number of aromatic nitrogens is 1. The number of esters is 1. The molecule has 5 rings (SSSR count). The Kier molecular flexibility index (Phi) is 4.02. The minimum absolute atomic E-state index is 0.282. The Balaban J connectivity index is 1.46. The van der Waals surface area contributed by atoms with Gasteiger partial charge >= 0.3 is 164 Å². The molecule has 0 radical (unpaired) electrons. The van der Waals surface area contributed by atoms with Gasteiger partial charge in [0.2, 0.25) is 0 Å². The Morgan fingerprint density at radius 2 is 2.08 bits per heavy atom. The number of hydrogen-bond donors (Lipinski definition) is 0. The number of hydrogen-bond acceptors (Lipinski definition) is 4. The number of methoxy groups -OCH3 is 1. The van der Waals surface area contributed by atoms with E-state index in [-0.39, 0.29) is 5.97 Å². The molecule has 0 spiro atoms. The monoisotopic (exact) mass is 461 g/mol. The molecule has 0 amide bonds. The van der Waals surface area contributed by atoms with E-state index in [0.29, 0.717) is 9.24 Å². The summed E-state index contributed by atoms with van der Waals surface area (Å²) >= 11 is -0.454. The molecule has 0 saturated carbocycles. The Morgan fingerprint density at radius 1 is 1.23 bits per heavy atom. The molecule has 0 fully saturated rings. The van der Waals surface area contributed by atoms with Crippen molar-refractivity contribution in [2.24, 2.45) is 0 Å². The van der Waals surface area contributed by atoms with E-state index < -0.39 is 21.4 Å². The molecule has 4 bridgehead atoms. The fraction of sp³-hybridized carbons (Fsp3) is 0.143. The van der Waals surface area contributed by atoms with E-state index in [1.165, 1.54) is 29.5 Å². The fourth-order valence-corrected chi connectivity index (χ4v) is 16.9. The number of carbonyl (C=O) groups excluding carboxylic acids is 1. The number of rotatable bonds is 4. The van der Waals surface area contributed by atoms with Gasteiger partial charge in [-0.1, -0.05) is 0 Å². The average molecular weight is 461 g/mol. The summed E-state index contributed by atoms with van der Waals surface area (Å²) in [5, 5.41) is 2.22. The first kappa shape index (κ1) is 16.3. The Morgan fingerprint density at radius 3 is 2.77 bits per heavy atom. The molecule has 26 heavy (non-hydrogen) atoms. The Hall–Kier alpha value is -1.85. The van der Waals surface area contributed by atoms with Crippen molar-refractivity contribution in [2.45, 2.75) is 10.1 Å². The summed E-state index contributed by atoms with van der Waals surface area (Å²) in [5.41, 5.74) is 8.07. The second-order valence-corrected chi connectivity index (χ2v) is 16.0. The summed E-state index contributed by atoms with van der Waals surface area (Å²) in [4.78, 5) is 16.3. The molecule has 2 aliphatic heterocycles. The van der Waals surface area contributed by atoms with Gasteiger partial charge in [-0.25, -0.2) is 0 Å². The third-order valence-corrected chi connectivity index (χ3v) is 16.7. The molecule has 126 valence electrons. The molecular formula is C21H16InNO2S. The second kappa shape index (κ2) is 6.39. The van der Waals surface area contributed by atoms with Crippen LogP contribution in [0.2, 0.25) is 0 Å². The predicted molar refractivity (Wildman–Crippen MR) is 105 cm³/mol. The van der Waals surface area contributed by atoms with Crippen LogP contribution in [0.25, 0.3) is 6.08 Å². The summed E-state index contributed by atoms with van der Waals surface area (Å²) in [7, 11) is 1.41. The summed E-state index contributed by atoms with van der Waals surface area (Å²) < 4.78 is 8.62. The topological polar surface area (TPSA) is 39.2 Å². The summed E-state index contributed by atoms with van der Waals surface area (Å²) in [5.74, 6) is -0.282. The molecule has 2 aliphatic rings. The minimum atomic E-state index is -2.15. The van der Waals surface area contributed by atoms with E-state index in [9.17, 15) is 4.79 Å². The van der Waals surface area contributed by atoms with E-state index >= 15 is 0 Å².